The number of hydrogen-bond donors (Lipinski definition) is 1. The van der Waals surface area contributed by atoms with Crippen molar-refractivity contribution in [1.29, 1.82) is 0 Å². The number of nitrogens with one attached hydrogen (secondary N) is 1. The van der Waals surface area contributed by atoms with Crippen LogP contribution in [0.3, 0.4) is 0 Å². The Labute approximate surface area is 115 Å². The highest BCUT2D eigenvalue weighted by Crippen LogP contribution is 2.37. The van der Waals surface area contributed by atoms with Crippen molar-refractivity contribution in [3.63, 3.8) is 0 Å². The second kappa shape index (κ2) is 6.05. The molecule has 1 N–H and O–H groups in total. The minimum absolute atomic E-state index is 0.126. The summed E-state index contributed by atoms with van der Waals surface area (Å²) in [6.07, 6.45) is 3.50. The van der Waals surface area contributed by atoms with Gasteiger partial charge in [-0.15, -0.1) is 0 Å². The number of benzene rings is 1. The molecule has 2 unspecified atom stereocenters. The fraction of sp³-hybridized carbons (Fsp3) is 0.600. The Morgan fingerprint density at radius 1 is 1.44 bits per heavy atom. The molecule has 0 bridgehead atoms. The molecular weight excluding hydrogens is 246 g/mol. The van der Waals surface area contributed by atoms with Crippen molar-refractivity contribution in [3.8, 4) is 0 Å². The first-order chi connectivity index (χ1) is 8.65. The zero-order valence-electron chi connectivity index (χ0n) is 11.2. The van der Waals surface area contributed by atoms with Crippen LogP contribution < -0.4 is 5.32 Å². The van der Waals surface area contributed by atoms with Gasteiger partial charge < -0.3 is 10.1 Å². The third-order valence-electron chi connectivity index (χ3n) is 3.70. The van der Waals surface area contributed by atoms with Gasteiger partial charge in [0.2, 0.25) is 0 Å². The molecule has 1 aliphatic rings. The average molecular weight is 268 g/mol. The Kier molecular flexibility index (Phi) is 4.66. The highest BCUT2D eigenvalue weighted by molar-refractivity contribution is 6.30. The maximum atomic E-state index is 6.10. The van der Waals surface area contributed by atoms with Crippen LogP contribution in [0, 0.1) is 0 Å². The summed E-state index contributed by atoms with van der Waals surface area (Å²) in [4.78, 5) is 0. The van der Waals surface area contributed by atoms with Gasteiger partial charge in [-0.25, -0.2) is 0 Å². The predicted molar refractivity (Wildman–Crippen MR) is 76.1 cm³/mol. The van der Waals surface area contributed by atoms with Crippen LogP contribution in [0.4, 0.5) is 0 Å². The van der Waals surface area contributed by atoms with Gasteiger partial charge in [0.25, 0.3) is 0 Å². The van der Waals surface area contributed by atoms with Crippen molar-refractivity contribution in [2.45, 2.75) is 44.8 Å². The largest absolute Gasteiger partial charge is 0.373 e. The van der Waals surface area contributed by atoms with E-state index in [1.54, 1.807) is 0 Å². The minimum atomic E-state index is -0.126. The molecule has 0 aromatic heterocycles. The van der Waals surface area contributed by atoms with E-state index in [4.69, 9.17) is 16.3 Å². The Morgan fingerprint density at radius 3 is 2.89 bits per heavy atom. The van der Waals surface area contributed by atoms with Gasteiger partial charge in [0.1, 0.15) is 0 Å². The van der Waals surface area contributed by atoms with Crippen molar-refractivity contribution in [2.75, 3.05) is 13.2 Å². The highest BCUT2D eigenvalue weighted by atomic mass is 35.5. The first-order valence-corrected chi connectivity index (χ1v) is 7.16. The highest BCUT2D eigenvalue weighted by Gasteiger charge is 2.37. The molecule has 2 atom stereocenters. The van der Waals surface area contributed by atoms with Crippen LogP contribution in [0.1, 0.15) is 44.7 Å². The van der Waals surface area contributed by atoms with E-state index in [-0.39, 0.29) is 11.6 Å². The van der Waals surface area contributed by atoms with E-state index in [1.807, 2.05) is 18.2 Å². The van der Waals surface area contributed by atoms with Crippen molar-refractivity contribution < 1.29 is 4.74 Å². The van der Waals surface area contributed by atoms with Crippen LogP contribution in [0.2, 0.25) is 5.02 Å². The average Bonchev–Trinajstić information content (AvgIpc) is 2.36. The van der Waals surface area contributed by atoms with E-state index in [1.165, 1.54) is 18.4 Å². The van der Waals surface area contributed by atoms with Gasteiger partial charge in [0.15, 0.2) is 0 Å². The van der Waals surface area contributed by atoms with Crippen LogP contribution in [0.25, 0.3) is 0 Å². The monoisotopic (exact) mass is 267 g/mol. The van der Waals surface area contributed by atoms with E-state index in [9.17, 15) is 0 Å². The summed E-state index contributed by atoms with van der Waals surface area (Å²) in [7, 11) is 0. The summed E-state index contributed by atoms with van der Waals surface area (Å²) in [5, 5.41) is 4.34. The molecule has 3 heteroatoms. The molecule has 1 saturated heterocycles. The number of ether oxygens (including phenoxy) is 1. The number of halogens is 1. The molecule has 100 valence electrons. The van der Waals surface area contributed by atoms with Crippen LogP contribution >= 0.6 is 11.6 Å². The summed E-state index contributed by atoms with van der Waals surface area (Å²) in [5.41, 5.74) is 1.09. The quantitative estimate of drug-likeness (QED) is 0.892. The molecule has 1 heterocycles. The molecule has 0 aliphatic carbocycles. The lowest BCUT2D eigenvalue weighted by Crippen LogP contribution is -2.45. The summed E-state index contributed by atoms with van der Waals surface area (Å²) >= 11 is 6.10. The fourth-order valence-corrected chi connectivity index (χ4v) is 2.96. The molecule has 0 saturated carbocycles. The van der Waals surface area contributed by atoms with Crippen LogP contribution in [-0.2, 0) is 4.74 Å². The van der Waals surface area contributed by atoms with E-state index in [0.29, 0.717) is 0 Å². The van der Waals surface area contributed by atoms with Gasteiger partial charge in [0.05, 0.1) is 11.6 Å². The maximum Gasteiger partial charge on any atom is 0.0848 e. The Morgan fingerprint density at radius 2 is 2.28 bits per heavy atom. The third kappa shape index (κ3) is 3.05. The van der Waals surface area contributed by atoms with E-state index < -0.39 is 0 Å². The lowest BCUT2D eigenvalue weighted by Gasteiger charge is -2.41. The second-order valence-corrected chi connectivity index (χ2v) is 5.60. The summed E-state index contributed by atoms with van der Waals surface area (Å²) in [6, 6.07) is 8.30. The molecule has 0 radical (unpaired) electrons. The number of likely N-dealkylation sites (N-methyl/N-ethyl adjacent to an activating group) is 1. The van der Waals surface area contributed by atoms with Gasteiger partial charge in [0, 0.05) is 11.6 Å². The lowest BCUT2D eigenvalue weighted by atomic mass is 9.84. The van der Waals surface area contributed by atoms with Crippen LogP contribution in [0.5, 0.6) is 0 Å². The molecule has 2 rings (SSSR count). The standard InChI is InChI=1S/C15H22ClNO/c1-3-17-14(12-7-6-8-13(16)11-12)15(2)9-4-5-10-18-15/h6-8,11,14,17H,3-5,9-10H2,1-2H3. The molecule has 1 aliphatic heterocycles. The first kappa shape index (κ1) is 13.9. The van der Waals surface area contributed by atoms with E-state index >= 15 is 0 Å². The van der Waals surface area contributed by atoms with Crippen LogP contribution in [-0.4, -0.2) is 18.8 Å². The van der Waals surface area contributed by atoms with Gasteiger partial charge in [-0.2, -0.15) is 0 Å². The topological polar surface area (TPSA) is 21.3 Å². The van der Waals surface area contributed by atoms with Crippen molar-refractivity contribution in [1.82, 2.24) is 5.32 Å². The lowest BCUT2D eigenvalue weighted by molar-refractivity contribution is -0.0895. The SMILES string of the molecule is CCNC(c1cccc(Cl)c1)C1(C)CCCCO1. The fourth-order valence-electron chi connectivity index (χ4n) is 2.76. The number of hydrogen-bond acceptors (Lipinski definition) is 2. The van der Waals surface area contributed by atoms with Gasteiger partial charge >= 0.3 is 0 Å². The van der Waals surface area contributed by atoms with Crippen LogP contribution in [0.15, 0.2) is 24.3 Å². The van der Waals surface area contributed by atoms with E-state index in [0.717, 1.165) is 24.6 Å². The van der Waals surface area contributed by atoms with Gasteiger partial charge in [-0.1, -0.05) is 30.7 Å². The normalized spacial score (nSPS) is 25.9. The maximum absolute atomic E-state index is 6.10. The Bertz CT molecular complexity index is 388. The molecule has 1 aromatic carbocycles. The van der Waals surface area contributed by atoms with E-state index in [2.05, 4.69) is 25.2 Å². The van der Waals surface area contributed by atoms with Gasteiger partial charge in [-0.3, -0.25) is 0 Å². The zero-order valence-corrected chi connectivity index (χ0v) is 12.0. The summed E-state index contributed by atoms with van der Waals surface area (Å²) < 4.78 is 6.07. The molecule has 0 amide bonds. The molecule has 2 nitrogen and oxygen atoms in total. The summed E-state index contributed by atoms with van der Waals surface area (Å²) in [6.45, 7) is 6.12. The predicted octanol–water partition coefficient (Wildman–Crippen LogP) is 3.95. The smallest absolute Gasteiger partial charge is 0.0848 e. The minimum Gasteiger partial charge on any atom is -0.373 e. The third-order valence-corrected chi connectivity index (χ3v) is 3.94. The van der Waals surface area contributed by atoms with Crippen molar-refractivity contribution >= 4 is 11.6 Å². The molecule has 0 spiro atoms. The number of rotatable bonds is 4. The van der Waals surface area contributed by atoms with Gasteiger partial charge in [-0.05, 0) is 50.4 Å². The zero-order chi connectivity index (χ0) is 13.0. The second-order valence-electron chi connectivity index (χ2n) is 5.16. The molecular formula is C15H22ClNO. The Balaban J connectivity index is 2.26. The van der Waals surface area contributed by atoms with Crippen molar-refractivity contribution in [2.24, 2.45) is 0 Å². The first-order valence-electron chi connectivity index (χ1n) is 6.78. The van der Waals surface area contributed by atoms with Crippen molar-refractivity contribution in [3.05, 3.63) is 34.9 Å². The molecule has 1 fully saturated rings. The molecule has 18 heavy (non-hydrogen) atoms. The molecule has 1 aromatic rings. The summed E-state index contributed by atoms with van der Waals surface area (Å²) in [5.74, 6) is 0. The Hall–Kier alpha value is -0.570.